The quantitative estimate of drug-likeness (QED) is 0.386. The van der Waals surface area contributed by atoms with Crippen LogP contribution in [0, 0.1) is 0 Å². The average Bonchev–Trinajstić information content (AvgIpc) is 2.38. The molecule has 0 atom stereocenters. The van der Waals surface area contributed by atoms with Crippen molar-refractivity contribution >= 4 is 5.78 Å². The fraction of sp³-hybridized carbons (Fsp3) is 0.438. The molecule has 1 rings (SSSR count). The lowest BCUT2D eigenvalue weighted by Gasteiger charge is -2.06. The molecule has 0 aliphatic rings. The van der Waals surface area contributed by atoms with Crippen LogP contribution >= 0.6 is 0 Å². The van der Waals surface area contributed by atoms with Crippen LogP contribution in [0.2, 0.25) is 0 Å². The molecule has 18 heavy (non-hydrogen) atoms. The first kappa shape index (κ1) is 14.5. The zero-order valence-corrected chi connectivity index (χ0v) is 11.3. The molecule has 0 saturated heterocycles. The Kier molecular flexibility index (Phi) is 6.85. The van der Waals surface area contributed by atoms with Gasteiger partial charge in [-0.15, -0.1) is 0 Å². The second kappa shape index (κ2) is 8.51. The summed E-state index contributed by atoms with van der Waals surface area (Å²) >= 11 is 0. The number of ketones is 1. The van der Waals surface area contributed by atoms with Crippen LogP contribution in [0.25, 0.3) is 0 Å². The number of carbonyl (C=O) groups excluding carboxylic acids is 1. The lowest BCUT2D eigenvalue weighted by atomic mass is 10.1. The normalized spacial score (nSPS) is 10.8. The number of allylic oxidation sites excluding steroid dienone is 2. The van der Waals surface area contributed by atoms with Crippen molar-refractivity contribution in [3.8, 4) is 5.75 Å². The average molecular weight is 246 g/mol. The number of Topliss-reactive ketones (excluding diaryl/α,β-unsaturated/α-hetero) is 1. The molecule has 2 nitrogen and oxygen atoms in total. The van der Waals surface area contributed by atoms with Gasteiger partial charge in [0, 0.05) is 5.56 Å². The Labute approximate surface area is 110 Å². The van der Waals surface area contributed by atoms with Gasteiger partial charge in [-0.1, -0.05) is 12.2 Å². The van der Waals surface area contributed by atoms with E-state index < -0.39 is 0 Å². The summed E-state index contributed by atoms with van der Waals surface area (Å²) in [6.07, 6.45) is 8.93. The van der Waals surface area contributed by atoms with E-state index in [2.05, 4.69) is 12.2 Å². The van der Waals surface area contributed by atoms with Gasteiger partial charge in [-0.3, -0.25) is 4.79 Å². The number of hydrogen-bond donors (Lipinski definition) is 0. The Morgan fingerprint density at radius 2 is 1.89 bits per heavy atom. The summed E-state index contributed by atoms with van der Waals surface area (Å²) in [6, 6.07) is 7.33. The summed E-state index contributed by atoms with van der Waals surface area (Å²) in [7, 11) is 0. The van der Waals surface area contributed by atoms with Crippen LogP contribution < -0.4 is 4.74 Å². The molecule has 0 unspecified atom stereocenters. The minimum Gasteiger partial charge on any atom is -0.494 e. The highest BCUT2D eigenvalue weighted by Crippen LogP contribution is 2.13. The largest absolute Gasteiger partial charge is 0.494 e. The monoisotopic (exact) mass is 246 g/mol. The van der Waals surface area contributed by atoms with Gasteiger partial charge in [0.1, 0.15) is 5.75 Å². The van der Waals surface area contributed by atoms with E-state index in [0.29, 0.717) is 0 Å². The minimum absolute atomic E-state index is 0.0885. The molecule has 2 heteroatoms. The summed E-state index contributed by atoms with van der Waals surface area (Å²) in [5, 5.41) is 0. The maximum absolute atomic E-state index is 11.1. The number of benzene rings is 1. The molecule has 0 aliphatic heterocycles. The summed E-state index contributed by atoms with van der Waals surface area (Å²) < 4.78 is 5.62. The van der Waals surface area contributed by atoms with Crippen molar-refractivity contribution in [1.82, 2.24) is 0 Å². The second-order valence-corrected chi connectivity index (χ2v) is 4.35. The maximum Gasteiger partial charge on any atom is 0.159 e. The summed E-state index contributed by atoms with van der Waals surface area (Å²) in [5.74, 6) is 0.930. The van der Waals surface area contributed by atoms with Crippen molar-refractivity contribution in [2.24, 2.45) is 0 Å². The van der Waals surface area contributed by atoms with Crippen LogP contribution in [-0.4, -0.2) is 12.4 Å². The number of unbranched alkanes of at least 4 members (excludes halogenated alkanes) is 3. The van der Waals surface area contributed by atoms with Gasteiger partial charge in [0.15, 0.2) is 5.78 Å². The Morgan fingerprint density at radius 1 is 1.17 bits per heavy atom. The maximum atomic E-state index is 11.1. The van der Waals surface area contributed by atoms with Gasteiger partial charge in [-0.25, -0.2) is 0 Å². The van der Waals surface area contributed by atoms with E-state index in [1.807, 2.05) is 31.2 Å². The second-order valence-electron chi connectivity index (χ2n) is 4.35. The minimum atomic E-state index is 0.0885. The van der Waals surface area contributed by atoms with E-state index in [1.165, 1.54) is 12.8 Å². The predicted molar refractivity (Wildman–Crippen MR) is 75.2 cm³/mol. The Hall–Kier alpha value is -1.57. The van der Waals surface area contributed by atoms with Crippen LogP contribution in [-0.2, 0) is 0 Å². The first-order chi connectivity index (χ1) is 8.74. The van der Waals surface area contributed by atoms with Crippen LogP contribution in [0.3, 0.4) is 0 Å². The molecule has 0 amide bonds. The van der Waals surface area contributed by atoms with Gasteiger partial charge >= 0.3 is 0 Å². The molecule has 1 aromatic rings. The molecule has 0 spiro atoms. The van der Waals surface area contributed by atoms with Crippen molar-refractivity contribution in [2.45, 2.75) is 39.5 Å². The van der Waals surface area contributed by atoms with E-state index in [4.69, 9.17) is 4.74 Å². The van der Waals surface area contributed by atoms with Crippen LogP contribution in [0.15, 0.2) is 36.4 Å². The highest BCUT2D eigenvalue weighted by molar-refractivity contribution is 5.94. The van der Waals surface area contributed by atoms with Gasteiger partial charge < -0.3 is 4.74 Å². The molecule has 0 saturated carbocycles. The van der Waals surface area contributed by atoms with Crippen molar-refractivity contribution in [1.29, 1.82) is 0 Å². The van der Waals surface area contributed by atoms with Gasteiger partial charge in [-0.05, 0) is 63.8 Å². The first-order valence-corrected chi connectivity index (χ1v) is 6.59. The standard InChI is InChI=1S/C16H22O2/c1-3-4-5-6-7-8-13-18-16-11-9-15(10-12-16)14(2)17/h3-4,9-12H,5-8,13H2,1-2H3. The molecule has 0 N–H and O–H groups in total. The van der Waals surface area contributed by atoms with E-state index in [-0.39, 0.29) is 5.78 Å². The van der Waals surface area contributed by atoms with Crippen LogP contribution in [0.4, 0.5) is 0 Å². The zero-order chi connectivity index (χ0) is 13.2. The van der Waals surface area contributed by atoms with E-state index in [9.17, 15) is 4.79 Å². The van der Waals surface area contributed by atoms with E-state index in [0.717, 1.165) is 30.8 Å². The van der Waals surface area contributed by atoms with Crippen LogP contribution in [0.1, 0.15) is 49.9 Å². The van der Waals surface area contributed by atoms with E-state index >= 15 is 0 Å². The molecule has 0 fully saturated rings. The number of hydrogen-bond acceptors (Lipinski definition) is 2. The molecule has 0 aromatic heterocycles. The molecule has 0 heterocycles. The fourth-order valence-electron chi connectivity index (χ4n) is 1.68. The molecule has 0 aliphatic carbocycles. The number of rotatable bonds is 8. The lowest BCUT2D eigenvalue weighted by Crippen LogP contribution is -1.98. The topological polar surface area (TPSA) is 26.3 Å². The molecular weight excluding hydrogens is 224 g/mol. The van der Waals surface area contributed by atoms with Crippen LogP contribution in [0.5, 0.6) is 5.75 Å². The third-order valence-corrected chi connectivity index (χ3v) is 2.78. The molecular formula is C16H22O2. The number of carbonyl (C=O) groups is 1. The SMILES string of the molecule is CC=CCCCCCOc1ccc(C(C)=O)cc1. The third kappa shape index (κ3) is 5.67. The number of ether oxygens (including phenoxy) is 1. The highest BCUT2D eigenvalue weighted by atomic mass is 16.5. The summed E-state index contributed by atoms with van der Waals surface area (Å²) in [6.45, 7) is 4.36. The smallest absolute Gasteiger partial charge is 0.159 e. The molecule has 1 aromatic carbocycles. The first-order valence-electron chi connectivity index (χ1n) is 6.59. The molecule has 98 valence electrons. The fourth-order valence-corrected chi connectivity index (χ4v) is 1.68. The Balaban J connectivity index is 2.17. The highest BCUT2D eigenvalue weighted by Gasteiger charge is 1.99. The molecule has 0 bridgehead atoms. The van der Waals surface area contributed by atoms with E-state index in [1.54, 1.807) is 6.92 Å². The van der Waals surface area contributed by atoms with Crippen molar-refractivity contribution in [3.05, 3.63) is 42.0 Å². The summed E-state index contributed by atoms with van der Waals surface area (Å²) in [5.41, 5.74) is 0.730. The Morgan fingerprint density at radius 3 is 2.50 bits per heavy atom. The van der Waals surface area contributed by atoms with Crippen molar-refractivity contribution < 1.29 is 9.53 Å². The molecule has 0 radical (unpaired) electrons. The summed E-state index contributed by atoms with van der Waals surface area (Å²) in [4.78, 5) is 11.1. The van der Waals surface area contributed by atoms with Gasteiger partial charge in [0.25, 0.3) is 0 Å². The van der Waals surface area contributed by atoms with Gasteiger partial charge in [-0.2, -0.15) is 0 Å². The lowest BCUT2D eigenvalue weighted by molar-refractivity contribution is 0.101. The van der Waals surface area contributed by atoms with Gasteiger partial charge in [0.2, 0.25) is 0 Å². The van der Waals surface area contributed by atoms with Crippen molar-refractivity contribution in [2.75, 3.05) is 6.61 Å². The van der Waals surface area contributed by atoms with Crippen molar-refractivity contribution in [3.63, 3.8) is 0 Å². The predicted octanol–water partition coefficient (Wildman–Crippen LogP) is 4.40. The van der Waals surface area contributed by atoms with Gasteiger partial charge in [0.05, 0.1) is 6.61 Å². The third-order valence-electron chi connectivity index (χ3n) is 2.78. The zero-order valence-electron chi connectivity index (χ0n) is 11.3. The Bertz CT molecular complexity index is 377.